The molecule has 0 aliphatic heterocycles. The molecule has 0 amide bonds. The Morgan fingerprint density at radius 1 is 1.16 bits per heavy atom. The van der Waals surface area contributed by atoms with Crippen LogP contribution < -0.4 is 5.32 Å². The van der Waals surface area contributed by atoms with Gasteiger partial charge in [0, 0.05) is 24.9 Å². The van der Waals surface area contributed by atoms with Crippen LogP contribution in [0.1, 0.15) is 58.5 Å². The number of aromatic nitrogens is 2. The fraction of sp³-hybridized carbons (Fsp3) is 0.733. The highest BCUT2D eigenvalue weighted by molar-refractivity contribution is 5.36. The van der Waals surface area contributed by atoms with Crippen LogP contribution in [0.2, 0.25) is 0 Å². The zero-order valence-corrected chi connectivity index (χ0v) is 12.9. The average Bonchev–Trinajstić information content (AvgIpc) is 2.42. The van der Waals surface area contributed by atoms with Gasteiger partial charge in [0.1, 0.15) is 11.4 Å². The van der Waals surface area contributed by atoms with Gasteiger partial charge >= 0.3 is 0 Å². The molecule has 0 aliphatic carbocycles. The van der Waals surface area contributed by atoms with Crippen LogP contribution in [0.3, 0.4) is 0 Å². The van der Waals surface area contributed by atoms with E-state index in [4.69, 9.17) is 4.74 Å². The van der Waals surface area contributed by atoms with Gasteiger partial charge in [-0.1, -0.05) is 20.8 Å². The largest absolute Gasteiger partial charge is 0.370 e. The van der Waals surface area contributed by atoms with Gasteiger partial charge in [0.05, 0.1) is 0 Å². The first-order valence-electron chi connectivity index (χ1n) is 7.35. The van der Waals surface area contributed by atoms with Crippen molar-refractivity contribution in [2.75, 3.05) is 18.5 Å². The van der Waals surface area contributed by atoms with E-state index in [2.05, 4.69) is 36.1 Å². The van der Waals surface area contributed by atoms with Gasteiger partial charge in [-0.05, 0) is 33.1 Å². The summed E-state index contributed by atoms with van der Waals surface area (Å²) in [6.07, 6.45) is 2.85. The summed E-state index contributed by atoms with van der Waals surface area (Å²) in [6, 6.07) is 1.99. The van der Waals surface area contributed by atoms with Crippen LogP contribution in [0.4, 0.5) is 5.82 Å². The van der Waals surface area contributed by atoms with E-state index in [1.165, 1.54) is 0 Å². The van der Waals surface area contributed by atoms with Gasteiger partial charge in [0.25, 0.3) is 0 Å². The number of hydrogen-bond donors (Lipinski definition) is 1. The van der Waals surface area contributed by atoms with Crippen molar-refractivity contribution in [3.63, 3.8) is 0 Å². The maximum atomic E-state index is 5.98. The number of nitrogens with one attached hydrogen (secondary N) is 1. The van der Waals surface area contributed by atoms with Crippen LogP contribution in [-0.4, -0.2) is 23.1 Å². The van der Waals surface area contributed by atoms with Gasteiger partial charge in [-0.25, -0.2) is 9.97 Å². The molecular formula is C15H27N3O. The van der Waals surface area contributed by atoms with E-state index in [9.17, 15) is 0 Å². The molecular weight excluding hydrogens is 238 g/mol. The third-order valence-corrected chi connectivity index (χ3v) is 3.38. The summed E-state index contributed by atoms with van der Waals surface area (Å²) in [7, 11) is 0. The van der Waals surface area contributed by atoms with E-state index in [0.717, 1.165) is 43.1 Å². The van der Waals surface area contributed by atoms with Crippen LogP contribution in [0.25, 0.3) is 0 Å². The van der Waals surface area contributed by atoms with Crippen LogP contribution >= 0.6 is 0 Å². The molecule has 19 heavy (non-hydrogen) atoms. The molecule has 1 aromatic heterocycles. The molecule has 0 unspecified atom stereocenters. The lowest BCUT2D eigenvalue weighted by Gasteiger charge is -2.30. The van der Waals surface area contributed by atoms with Crippen molar-refractivity contribution in [2.45, 2.75) is 59.5 Å². The van der Waals surface area contributed by atoms with E-state index in [1.807, 2.05) is 19.9 Å². The minimum Gasteiger partial charge on any atom is -0.370 e. The zero-order chi connectivity index (χ0) is 14.3. The molecule has 1 heterocycles. The van der Waals surface area contributed by atoms with Crippen molar-refractivity contribution >= 4 is 5.82 Å². The van der Waals surface area contributed by atoms with Gasteiger partial charge in [0.15, 0.2) is 5.82 Å². The molecule has 1 N–H and O–H groups in total. The highest BCUT2D eigenvalue weighted by atomic mass is 16.5. The molecule has 0 bridgehead atoms. The number of anilines is 1. The average molecular weight is 265 g/mol. The molecule has 108 valence electrons. The second-order valence-corrected chi connectivity index (χ2v) is 4.78. The molecule has 0 radical (unpaired) electrons. The lowest BCUT2D eigenvalue weighted by molar-refractivity contribution is -0.0571. The fourth-order valence-electron chi connectivity index (χ4n) is 2.23. The minimum atomic E-state index is -0.358. The molecule has 1 rings (SSSR count). The number of rotatable bonds is 8. The lowest BCUT2D eigenvalue weighted by Crippen LogP contribution is -2.31. The third kappa shape index (κ3) is 3.90. The molecule has 4 nitrogen and oxygen atoms in total. The summed E-state index contributed by atoms with van der Waals surface area (Å²) in [4.78, 5) is 9.26. The van der Waals surface area contributed by atoms with Crippen molar-refractivity contribution in [3.8, 4) is 0 Å². The maximum absolute atomic E-state index is 5.98. The molecule has 1 aromatic rings. The summed E-state index contributed by atoms with van der Waals surface area (Å²) in [5, 5.41) is 3.33. The Bertz CT molecular complexity index is 389. The summed E-state index contributed by atoms with van der Waals surface area (Å²) < 4.78 is 5.98. The Kier molecular flexibility index (Phi) is 6.22. The van der Waals surface area contributed by atoms with Gasteiger partial charge in [-0.15, -0.1) is 0 Å². The Morgan fingerprint density at radius 2 is 1.84 bits per heavy atom. The van der Waals surface area contributed by atoms with Gasteiger partial charge < -0.3 is 10.1 Å². The first kappa shape index (κ1) is 15.9. The lowest BCUT2D eigenvalue weighted by atomic mass is 9.95. The van der Waals surface area contributed by atoms with E-state index in [-0.39, 0.29) is 5.60 Å². The standard InChI is InChI=1S/C15H27N3O/c1-6-10-16-13-11-12(5)17-14(18-13)15(7-2,8-3)19-9-4/h11H,6-10H2,1-5H3,(H,16,17,18). The van der Waals surface area contributed by atoms with Crippen molar-refractivity contribution in [2.24, 2.45) is 0 Å². The summed E-state index contributed by atoms with van der Waals surface area (Å²) in [6.45, 7) is 12.0. The summed E-state index contributed by atoms with van der Waals surface area (Å²) in [5.41, 5.74) is 0.623. The second kappa shape index (κ2) is 7.43. The summed E-state index contributed by atoms with van der Waals surface area (Å²) in [5.74, 6) is 1.70. The normalized spacial score (nSPS) is 11.6. The van der Waals surface area contributed by atoms with E-state index in [1.54, 1.807) is 0 Å². The third-order valence-electron chi connectivity index (χ3n) is 3.38. The van der Waals surface area contributed by atoms with E-state index >= 15 is 0 Å². The molecule has 0 aliphatic rings. The number of aryl methyl sites for hydroxylation is 1. The number of hydrogen-bond acceptors (Lipinski definition) is 4. The van der Waals surface area contributed by atoms with Crippen molar-refractivity contribution < 1.29 is 4.74 Å². The molecule has 0 saturated carbocycles. The number of ether oxygens (including phenoxy) is 1. The van der Waals surface area contributed by atoms with Crippen LogP contribution in [-0.2, 0) is 10.3 Å². The zero-order valence-electron chi connectivity index (χ0n) is 12.9. The quantitative estimate of drug-likeness (QED) is 0.779. The van der Waals surface area contributed by atoms with Crippen molar-refractivity contribution in [1.82, 2.24) is 9.97 Å². The Hall–Kier alpha value is -1.16. The Balaban J connectivity index is 3.11. The van der Waals surface area contributed by atoms with Gasteiger partial charge in [-0.2, -0.15) is 0 Å². The Labute approximate surface area is 117 Å². The van der Waals surface area contributed by atoms with E-state index < -0.39 is 0 Å². The van der Waals surface area contributed by atoms with E-state index in [0.29, 0.717) is 6.61 Å². The molecule has 0 atom stereocenters. The molecule has 4 heteroatoms. The fourth-order valence-corrected chi connectivity index (χ4v) is 2.23. The van der Waals surface area contributed by atoms with Gasteiger partial charge in [0.2, 0.25) is 0 Å². The van der Waals surface area contributed by atoms with Crippen molar-refractivity contribution in [1.29, 1.82) is 0 Å². The predicted molar refractivity (Wildman–Crippen MR) is 79.4 cm³/mol. The summed E-state index contributed by atoms with van der Waals surface area (Å²) >= 11 is 0. The topological polar surface area (TPSA) is 47.0 Å². The highest BCUT2D eigenvalue weighted by Crippen LogP contribution is 2.31. The van der Waals surface area contributed by atoms with Gasteiger partial charge in [-0.3, -0.25) is 0 Å². The first-order chi connectivity index (χ1) is 9.11. The van der Waals surface area contributed by atoms with Crippen LogP contribution in [0.15, 0.2) is 6.07 Å². The number of nitrogens with zero attached hydrogens (tertiary/aromatic N) is 2. The van der Waals surface area contributed by atoms with Crippen LogP contribution in [0, 0.1) is 6.92 Å². The smallest absolute Gasteiger partial charge is 0.162 e. The van der Waals surface area contributed by atoms with Crippen molar-refractivity contribution in [3.05, 3.63) is 17.6 Å². The maximum Gasteiger partial charge on any atom is 0.162 e. The molecule has 0 aromatic carbocycles. The second-order valence-electron chi connectivity index (χ2n) is 4.78. The Morgan fingerprint density at radius 3 is 2.37 bits per heavy atom. The monoisotopic (exact) mass is 265 g/mol. The molecule has 0 fully saturated rings. The first-order valence-corrected chi connectivity index (χ1v) is 7.35. The van der Waals surface area contributed by atoms with Crippen LogP contribution in [0.5, 0.6) is 0 Å². The SMILES string of the molecule is CCCNc1cc(C)nc(C(CC)(CC)OCC)n1. The minimum absolute atomic E-state index is 0.358. The molecule has 0 spiro atoms. The predicted octanol–water partition coefficient (Wildman–Crippen LogP) is 3.66. The molecule has 0 saturated heterocycles. The highest BCUT2D eigenvalue weighted by Gasteiger charge is 2.32.